The minimum Gasteiger partial charge on any atom is -0.373 e. The van der Waals surface area contributed by atoms with Crippen LogP contribution in [0.3, 0.4) is 0 Å². The Morgan fingerprint density at radius 1 is 1.21 bits per heavy atom. The lowest BCUT2D eigenvalue weighted by Crippen LogP contribution is -2.32. The Morgan fingerprint density at radius 3 is 2.14 bits per heavy atom. The fourth-order valence-corrected chi connectivity index (χ4v) is 1.71. The molecular formula is C12H20N2. The van der Waals surface area contributed by atoms with Crippen molar-refractivity contribution in [2.24, 2.45) is 5.73 Å². The third-order valence-corrected chi connectivity index (χ3v) is 2.21. The highest BCUT2D eigenvalue weighted by molar-refractivity contribution is 5.50. The Morgan fingerprint density at radius 2 is 1.71 bits per heavy atom. The molecule has 0 saturated carbocycles. The number of nitrogens with two attached hydrogens (primary N) is 1. The van der Waals surface area contributed by atoms with Crippen LogP contribution in [0.25, 0.3) is 0 Å². The molecule has 14 heavy (non-hydrogen) atoms. The molecule has 0 amide bonds. The van der Waals surface area contributed by atoms with Crippen LogP contribution in [-0.2, 0) is 0 Å². The van der Waals surface area contributed by atoms with Crippen LogP contribution in [0.1, 0.15) is 18.1 Å². The van der Waals surface area contributed by atoms with Crippen molar-refractivity contribution >= 4 is 5.69 Å². The van der Waals surface area contributed by atoms with Gasteiger partial charge in [0.1, 0.15) is 0 Å². The first-order valence-electron chi connectivity index (χ1n) is 5.04. The topological polar surface area (TPSA) is 29.3 Å². The Kier molecular flexibility index (Phi) is 3.53. The third kappa shape index (κ3) is 3.04. The summed E-state index contributed by atoms with van der Waals surface area (Å²) in [5.41, 5.74) is 9.62. The molecule has 0 aromatic heterocycles. The standard InChI is InChI=1S/C12H20N2/c1-9-5-10(2)7-12(6-9)14(4)8-11(3)13/h5-7,11H,8,13H2,1-4H3/t11-/m0/s1. The summed E-state index contributed by atoms with van der Waals surface area (Å²) in [4.78, 5) is 2.20. The van der Waals surface area contributed by atoms with Crippen molar-refractivity contribution in [3.63, 3.8) is 0 Å². The van der Waals surface area contributed by atoms with Crippen LogP contribution in [0.2, 0.25) is 0 Å². The Labute approximate surface area is 86.7 Å². The lowest BCUT2D eigenvalue weighted by atomic mass is 10.1. The van der Waals surface area contributed by atoms with Gasteiger partial charge in [-0.1, -0.05) is 6.07 Å². The number of benzene rings is 1. The second kappa shape index (κ2) is 4.47. The van der Waals surface area contributed by atoms with E-state index in [1.807, 2.05) is 6.92 Å². The molecule has 1 rings (SSSR count). The summed E-state index contributed by atoms with van der Waals surface area (Å²) in [5.74, 6) is 0. The van der Waals surface area contributed by atoms with Gasteiger partial charge in [0.05, 0.1) is 0 Å². The molecule has 0 aliphatic heterocycles. The van der Waals surface area contributed by atoms with Crippen molar-refractivity contribution in [1.29, 1.82) is 0 Å². The molecule has 1 aromatic carbocycles. The molecular weight excluding hydrogens is 172 g/mol. The average Bonchev–Trinajstić information content (AvgIpc) is 2.00. The fourth-order valence-electron chi connectivity index (χ4n) is 1.71. The number of rotatable bonds is 3. The van der Waals surface area contributed by atoms with Crippen molar-refractivity contribution in [1.82, 2.24) is 0 Å². The van der Waals surface area contributed by atoms with Gasteiger partial charge in [0.25, 0.3) is 0 Å². The van der Waals surface area contributed by atoms with E-state index < -0.39 is 0 Å². The average molecular weight is 192 g/mol. The Bertz CT molecular complexity index is 285. The van der Waals surface area contributed by atoms with Crippen LogP contribution in [-0.4, -0.2) is 19.6 Å². The summed E-state index contributed by atoms with van der Waals surface area (Å²) in [6.45, 7) is 7.16. The van der Waals surface area contributed by atoms with Gasteiger partial charge in [-0.15, -0.1) is 0 Å². The zero-order valence-electron chi connectivity index (χ0n) is 9.54. The SMILES string of the molecule is Cc1cc(C)cc(N(C)C[C@H](C)N)c1. The molecule has 2 heteroatoms. The van der Waals surface area contributed by atoms with Crippen LogP contribution >= 0.6 is 0 Å². The largest absolute Gasteiger partial charge is 0.373 e. The van der Waals surface area contributed by atoms with Gasteiger partial charge < -0.3 is 10.6 Å². The van der Waals surface area contributed by atoms with Gasteiger partial charge >= 0.3 is 0 Å². The number of likely N-dealkylation sites (N-methyl/N-ethyl adjacent to an activating group) is 1. The molecule has 78 valence electrons. The quantitative estimate of drug-likeness (QED) is 0.794. The van der Waals surface area contributed by atoms with E-state index >= 15 is 0 Å². The molecule has 0 bridgehead atoms. The summed E-state index contributed by atoms with van der Waals surface area (Å²) in [7, 11) is 2.08. The predicted octanol–water partition coefficient (Wildman–Crippen LogP) is 2.09. The zero-order valence-corrected chi connectivity index (χ0v) is 9.54. The fraction of sp³-hybridized carbons (Fsp3) is 0.500. The van der Waals surface area contributed by atoms with Crippen molar-refractivity contribution in [2.45, 2.75) is 26.8 Å². The molecule has 1 atom stereocenters. The van der Waals surface area contributed by atoms with Crippen molar-refractivity contribution in [3.05, 3.63) is 29.3 Å². The van der Waals surface area contributed by atoms with Crippen molar-refractivity contribution in [2.75, 3.05) is 18.5 Å². The molecule has 0 saturated heterocycles. The summed E-state index contributed by atoms with van der Waals surface area (Å²) in [6, 6.07) is 6.77. The van der Waals surface area contributed by atoms with E-state index in [0.29, 0.717) is 0 Å². The first-order chi connectivity index (χ1) is 6.49. The van der Waals surface area contributed by atoms with Crippen molar-refractivity contribution in [3.8, 4) is 0 Å². The van der Waals surface area contributed by atoms with Gasteiger partial charge in [0, 0.05) is 25.3 Å². The van der Waals surface area contributed by atoms with E-state index in [9.17, 15) is 0 Å². The number of nitrogens with zero attached hydrogens (tertiary/aromatic N) is 1. The number of anilines is 1. The number of aryl methyl sites for hydroxylation is 2. The zero-order chi connectivity index (χ0) is 10.7. The third-order valence-electron chi connectivity index (χ3n) is 2.21. The minimum absolute atomic E-state index is 0.209. The summed E-state index contributed by atoms with van der Waals surface area (Å²) >= 11 is 0. The molecule has 0 heterocycles. The van der Waals surface area contributed by atoms with Crippen LogP contribution < -0.4 is 10.6 Å². The van der Waals surface area contributed by atoms with E-state index in [-0.39, 0.29) is 6.04 Å². The molecule has 2 nitrogen and oxygen atoms in total. The van der Waals surface area contributed by atoms with E-state index in [1.54, 1.807) is 0 Å². The second-order valence-corrected chi connectivity index (χ2v) is 4.20. The second-order valence-electron chi connectivity index (χ2n) is 4.20. The van der Waals surface area contributed by atoms with Gasteiger partial charge in [-0.05, 0) is 44.0 Å². The molecule has 1 aromatic rings. The Balaban J connectivity index is 2.84. The van der Waals surface area contributed by atoms with Gasteiger partial charge in [-0.2, -0.15) is 0 Å². The predicted molar refractivity (Wildman–Crippen MR) is 62.8 cm³/mol. The van der Waals surface area contributed by atoms with Crippen LogP contribution in [0, 0.1) is 13.8 Å². The number of hydrogen-bond acceptors (Lipinski definition) is 2. The van der Waals surface area contributed by atoms with Gasteiger partial charge in [-0.3, -0.25) is 0 Å². The maximum Gasteiger partial charge on any atom is 0.0369 e. The highest BCUT2D eigenvalue weighted by Crippen LogP contribution is 2.17. The molecule has 0 unspecified atom stereocenters. The van der Waals surface area contributed by atoms with E-state index in [2.05, 4.69) is 44.0 Å². The van der Waals surface area contributed by atoms with Gasteiger partial charge in [0.2, 0.25) is 0 Å². The maximum atomic E-state index is 5.77. The monoisotopic (exact) mass is 192 g/mol. The van der Waals surface area contributed by atoms with Crippen molar-refractivity contribution < 1.29 is 0 Å². The summed E-state index contributed by atoms with van der Waals surface area (Å²) in [5, 5.41) is 0. The smallest absolute Gasteiger partial charge is 0.0369 e. The number of hydrogen-bond donors (Lipinski definition) is 1. The highest BCUT2D eigenvalue weighted by Gasteiger charge is 2.04. The van der Waals surface area contributed by atoms with Gasteiger partial charge in [-0.25, -0.2) is 0 Å². The minimum atomic E-state index is 0.209. The molecule has 0 radical (unpaired) electrons. The molecule has 0 aliphatic carbocycles. The van der Waals surface area contributed by atoms with Crippen LogP contribution in [0.5, 0.6) is 0 Å². The summed E-state index contributed by atoms with van der Waals surface area (Å²) in [6.07, 6.45) is 0. The first kappa shape index (κ1) is 11.1. The van der Waals surface area contributed by atoms with Gasteiger partial charge in [0.15, 0.2) is 0 Å². The normalized spacial score (nSPS) is 12.6. The van der Waals surface area contributed by atoms with E-state index in [4.69, 9.17) is 5.73 Å². The van der Waals surface area contributed by atoms with E-state index in [0.717, 1.165) is 6.54 Å². The molecule has 2 N–H and O–H groups in total. The molecule has 0 spiro atoms. The van der Waals surface area contributed by atoms with Crippen LogP contribution in [0.15, 0.2) is 18.2 Å². The first-order valence-corrected chi connectivity index (χ1v) is 5.04. The molecule has 0 aliphatic rings. The highest BCUT2D eigenvalue weighted by atomic mass is 15.1. The lowest BCUT2D eigenvalue weighted by molar-refractivity contribution is 0.717. The lowest BCUT2D eigenvalue weighted by Gasteiger charge is -2.22. The maximum absolute atomic E-state index is 5.77. The molecule has 0 fully saturated rings. The Hall–Kier alpha value is -1.02. The van der Waals surface area contributed by atoms with Crippen LogP contribution in [0.4, 0.5) is 5.69 Å². The van der Waals surface area contributed by atoms with E-state index in [1.165, 1.54) is 16.8 Å². The summed E-state index contributed by atoms with van der Waals surface area (Å²) < 4.78 is 0.